The number of hydrogen-bond donors (Lipinski definition) is 1. The largest absolute Gasteiger partial charge is 0.413 e. The van der Waals surface area contributed by atoms with Gasteiger partial charge in [0.15, 0.2) is 0 Å². The fourth-order valence-corrected chi connectivity index (χ4v) is 3.50. The van der Waals surface area contributed by atoms with Gasteiger partial charge in [-0.2, -0.15) is 0 Å². The van der Waals surface area contributed by atoms with Crippen LogP contribution >= 0.6 is 23.2 Å². The summed E-state index contributed by atoms with van der Waals surface area (Å²) in [6.07, 6.45) is 4.16. The lowest BCUT2D eigenvalue weighted by Gasteiger charge is -2.15. The van der Waals surface area contributed by atoms with Crippen LogP contribution < -0.4 is 10.1 Å². The minimum atomic E-state index is -0.605. The van der Waals surface area contributed by atoms with Gasteiger partial charge in [-0.3, -0.25) is 4.98 Å². The molecule has 0 radical (unpaired) electrons. The third-order valence-electron chi connectivity index (χ3n) is 4.50. The molecule has 31 heavy (non-hydrogen) atoms. The molecule has 0 fully saturated rings. The normalized spacial score (nSPS) is 11.7. The third-order valence-corrected chi connectivity index (χ3v) is 5.05. The number of benzene rings is 2. The van der Waals surface area contributed by atoms with E-state index in [2.05, 4.69) is 25.8 Å². The zero-order valence-electron chi connectivity index (χ0n) is 16.2. The van der Waals surface area contributed by atoms with Crippen molar-refractivity contribution in [1.29, 1.82) is 0 Å². The highest BCUT2D eigenvalue weighted by molar-refractivity contribution is 6.36. The minimum Gasteiger partial charge on any atom is -0.410 e. The lowest BCUT2D eigenvalue weighted by atomic mass is 10.0. The molecule has 4 aromatic rings. The van der Waals surface area contributed by atoms with Gasteiger partial charge in [-0.15, -0.1) is 5.10 Å². The van der Waals surface area contributed by atoms with Gasteiger partial charge in [0.2, 0.25) is 0 Å². The van der Waals surface area contributed by atoms with Crippen LogP contribution in [-0.2, 0) is 0 Å². The Balaban J connectivity index is 1.63. The van der Waals surface area contributed by atoms with Crippen LogP contribution in [0.15, 0.2) is 67.3 Å². The lowest BCUT2D eigenvalue weighted by molar-refractivity contribution is 0.197. The first kappa shape index (κ1) is 20.8. The number of ether oxygens (including phenoxy) is 1. The van der Waals surface area contributed by atoms with Crippen molar-refractivity contribution in [2.45, 2.75) is 13.0 Å². The molecule has 0 spiro atoms. The molecule has 0 aliphatic carbocycles. The number of halogens is 2. The molecule has 1 N–H and O–H groups in total. The molecule has 4 rings (SSSR count). The van der Waals surface area contributed by atoms with Gasteiger partial charge in [-0.05, 0) is 64.9 Å². The maximum atomic E-state index is 12.5. The van der Waals surface area contributed by atoms with Crippen molar-refractivity contribution in [1.82, 2.24) is 30.5 Å². The molecule has 0 aliphatic heterocycles. The number of nitrogens with one attached hydrogen (secondary N) is 1. The molecule has 2 heterocycles. The van der Waals surface area contributed by atoms with Crippen LogP contribution in [0.1, 0.15) is 18.5 Å². The molecule has 8 nitrogen and oxygen atoms in total. The van der Waals surface area contributed by atoms with Crippen molar-refractivity contribution < 1.29 is 9.53 Å². The Morgan fingerprint density at radius 2 is 1.90 bits per heavy atom. The Morgan fingerprint density at radius 3 is 2.61 bits per heavy atom. The second kappa shape index (κ2) is 9.11. The van der Waals surface area contributed by atoms with Gasteiger partial charge < -0.3 is 10.1 Å². The van der Waals surface area contributed by atoms with E-state index in [-0.39, 0.29) is 6.04 Å². The van der Waals surface area contributed by atoms with Gasteiger partial charge in [0.1, 0.15) is 12.1 Å². The molecule has 1 atom stereocenters. The zero-order valence-corrected chi connectivity index (χ0v) is 17.7. The van der Waals surface area contributed by atoms with Gasteiger partial charge in [-0.25, -0.2) is 9.48 Å². The second-order valence-corrected chi connectivity index (χ2v) is 7.47. The second-order valence-electron chi connectivity index (χ2n) is 6.63. The molecule has 0 bridgehead atoms. The Bertz CT molecular complexity index is 1200. The molecule has 1 unspecified atom stereocenters. The Hall–Kier alpha value is -3.49. The summed E-state index contributed by atoms with van der Waals surface area (Å²) in [6, 6.07) is 13.7. The van der Waals surface area contributed by atoms with E-state index in [9.17, 15) is 4.79 Å². The summed E-state index contributed by atoms with van der Waals surface area (Å²) in [4.78, 5) is 16.5. The van der Waals surface area contributed by atoms with Crippen molar-refractivity contribution in [2.24, 2.45) is 0 Å². The third kappa shape index (κ3) is 4.99. The fraction of sp³-hybridized carbons (Fsp3) is 0.0952. The number of carbonyl (C=O) groups is 1. The maximum Gasteiger partial charge on any atom is 0.413 e. The summed E-state index contributed by atoms with van der Waals surface area (Å²) in [5, 5.41) is 15.0. The number of nitrogens with zero attached hydrogens (tertiary/aromatic N) is 5. The Morgan fingerprint density at radius 1 is 1.10 bits per heavy atom. The molecule has 2 aromatic heterocycles. The van der Waals surface area contributed by atoms with Crippen LogP contribution in [-0.4, -0.2) is 31.3 Å². The van der Waals surface area contributed by atoms with E-state index in [1.54, 1.807) is 42.7 Å². The highest BCUT2D eigenvalue weighted by Crippen LogP contribution is 2.34. The van der Waals surface area contributed by atoms with Crippen LogP contribution in [0.25, 0.3) is 16.8 Å². The topological polar surface area (TPSA) is 94.8 Å². The number of hydrogen-bond acceptors (Lipinski definition) is 6. The molecular weight excluding hydrogens is 439 g/mol. The summed E-state index contributed by atoms with van der Waals surface area (Å²) < 4.78 is 7.01. The van der Waals surface area contributed by atoms with E-state index < -0.39 is 6.09 Å². The first-order valence-corrected chi connectivity index (χ1v) is 9.97. The van der Waals surface area contributed by atoms with Crippen molar-refractivity contribution in [3.05, 3.63) is 82.9 Å². The summed E-state index contributed by atoms with van der Waals surface area (Å²) in [7, 11) is 0. The minimum absolute atomic E-state index is 0.261. The summed E-state index contributed by atoms with van der Waals surface area (Å²) in [5.74, 6) is 0.299. The van der Waals surface area contributed by atoms with Crippen LogP contribution in [0.3, 0.4) is 0 Å². The average molecular weight is 455 g/mol. The fourth-order valence-electron chi connectivity index (χ4n) is 2.98. The van der Waals surface area contributed by atoms with Crippen LogP contribution in [0.2, 0.25) is 10.0 Å². The van der Waals surface area contributed by atoms with Crippen LogP contribution in [0, 0.1) is 0 Å². The van der Waals surface area contributed by atoms with E-state index in [0.29, 0.717) is 27.0 Å². The number of amides is 1. The molecule has 0 saturated heterocycles. The number of tetrazole rings is 1. The first-order chi connectivity index (χ1) is 15.0. The molecule has 1 amide bonds. The van der Waals surface area contributed by atoms with Crippen LogP contribution in [0.5, 0.6) is 5.75 Å². The number of carbonyl (C=O) groups excluding carboxylic acids is 1. The van der Waals surface area contributed by atoms with Gasteiger partial charge in [0, 0.05) is 34.1 Å². The zero-order chi connectivity index (χ0) is 21.8. The average Bonchev–Trinajstić information content (AvgIpc) is 3.29. The number of pyridine rings is 1. The molecule has 10 heteroatoms. The number of rotatable bonds is 5. The van der Waals surface area contributed by atoms with E-state index in [0.717, 1.165) is 11.1 Å². The van der Waals surface area contributed by atoms with Crippen molar-refractivity contribution >= 4 is 29.3 Å². The van der Waals surface area contributed by atoms with Gasteiger partial charge in [0.05, 0.1) is 11.7 Å². The SMILES string of the molecule is CC(NC(=O)Oc1cc(-c2ccc(Cl)cc2Cl)cc(-n2cnnn2)c1)c1ccncc1. The summed E-state index contributed by atoms with van der Waals surface area (Å²) in [6.45, 7) is 1.85. The number of aromatic nitrogens is 5. The van der Waals surface area contributed by atoms with E-state index in [4.69, 9.17) is 27.9 Å². The predicted octanol–water partition coefficient (Wildman–Crippen LogP) is 4.88. The highest BCUT2D eigenvalue weighted by atomic mass is 35.5. The highest BCUT2D eigenvalue weighted by Gasteiger charge is 2.15. The quantitative estimate of drug-likeness (QED) is 0.461. The summed E-state index contributed by atoms with van der Waals surface area (Å²) >= 11 is 12.4. The summed E-state index contributed by atoms with van der Waals surface area (Å²) in [5.41, 5.74) is 2.93. The van der Waals surface area contributed by atoms with Crippen molar-refractivity contribution in [3.8, 4) is 22.6 Å². The first-order valence-electron chi connectivity index (χ1n) is 9.22. The standard InChI is InChI=1S/C21H16Cl2N6O2/c1-13(14-4-6-24-7-5-14)26-21(30)31-18-9-15(19-3-2-16(22)10-20(19)23)8-17(11-18)29-12-25-27-28-29/h2-13H,1H3,(H,26,30). The molecule has 2 aromatic carbocycles. The van der Waals surface area contributed by atoms with E-state index in [1.165, 1.54) is 11.0 Å². The van der Waals surface area contributed by atoms with Crippen molar-refractivity contribution in [2.75, 3.05) is 0 Å². The Labute approximate surface area is 187 Å². The van der Waals surface area contributed by atoms with Gasteiger partial charge in [0.25, 0.3) is 0 Å². The predicted molar refractivity (Wildman–Crippen MR) is 116 cm³/mol. The molecule has 156 valence electrons. The van der Waals surface area contributed by atoms with Gasteiger partial charge >= 0.3 is 6.09 Å². The van der Waals surface area contributed by atoms with E-state index >= 15 is 0 Å². The molecule has 0 aliphatic rings. The maximum absolute atomic E-state index is 12.5. The monoisotopic (exact) mass is 454 g/mol. The van der Waals surface area contributed by atoms with Crippen molar-refractivity contribution in [3.63, 3.8) is 0 Å². The van der Waals surface area contributed by atoms with Crippen LogP contribution in [0.4, 0.5) is 4.79 Å². The molecular formula is C21H16Cl2N6O2. The smallest absolute Gasteiger partial charge is 0.410 e. The van der Waals surface area contributed by atoms with Gasteiger partial charge in [-0.1, -0.05) is 29.3 Å². The molecule has 0 saturated carbocycles. The Kier molecular flexibility index (Phi) is 6.11. The van der Waals surface area contributed by atoms with E-state index in [1.807, 2.05) is 25.1 Å². The lowest BCUT2D eigenvalue weighted by Crippen LogP contribution is -2.29.